The zero-order valence-electron chi connectivity index (χ0n) is 11.4. The fraction of sp³-hybridized carbons (Fsp3) is 0.467. The van der Waals surface area contributed by atoms with Gasteiger partial charge in [0.05, 0.1) is 5.92 Å². The maximum absolute atomic E-state index is 13.1. The summed E-state index contributed by atoms with van der Waals surface area (Å²) < 4.78 is 13.9. The van der Waals surface area contributed by atoms with Gasteiger partial charge in [-0.2, -0.15) is 0 Å². The number of aryl methyl sites for hydroxylation is 1. The molecule has 0 unspecified atom stereocenters. The lowest BCUT2D eigenvalue weighted by Crippen LogP contribution is -2.33. The van der Waals surface area contributed by atoms with Crippen LogP contribution in [0.15, 0.2) is 22.7 Å². The van der Waals surface area contributed by atoms with Crippen LogP contribution < -0.4 is 5.32 Å². The first-order chi connectivity index (χ1) is 9.95. The highest BCUT2D eigenvalue weighted by Gasteiger charge is 2.30. The monoisotopic (exact) mass is 357 g/mol. The Hall–Kier alpha value is -1.43. The number of halogens is 2. The van der Waals surface area contributed by atoms with Gasteiger partial charge in [0.25, 0.3) is 0 Å². The van der Waals surface area contributed by atoms with Gasteiger partial charge in [0, 0.05) is 16.9 Å². The van der Waals surface area contributed by atoms with Gasteiger partial charge in [-0.15, -0.1) is 0 Å². The highest BCUT2D eigenvalue weighted by molar-refractivity contribution is 9.10. The molecule has 0 bridgehead atoms. The second-order valence-corrected chi connectivity index (χ2v) is 6.20. The molecule has 0 saturated heterocycles. The number of carboxylic acid groups (broad SMARTS) is 1. The van der Waals surface area contributed by atoms with Crippen molar-refractivity contribution in [1.82, 2.24) is 5.32 Å². The minimum Gasteiger partial charge on any atom is -0.481 e. The van der Waals surface area contributed by atoms with E-state index in [-0.39, 0.29) is 30.1 Å². The molecule has 0 aromatic heterocycles. The van der Waals surface area contributed by atoms with E-state index >= 15 is 0 Å². The lowest BCUT2D eigenvalue weighted by molar-refractivity contribution is -0.141. The Bertz CT molecular complexity index is 550. The minimum atomic E-state index is -0.796. The Morgan fingerprint density at radius 2 is 2.14 bits per heavy atom. The van der Waals surface area contributed by atoms with Gasteiger partial charge < -0.3 is 10.4 Å². The highest BCUT2D eigenvalue weighted by Crippen LogP contribution is 2.26. The smallest absolute Gasteiger partial charge is 0.306 e. The van der Waals surface area contributed by atoms with Crippen LogP contribution in [0.1, 0.15) is 31.2 Å². The molecule has 114 valence electrons. The average Bonchev–Trinajstić information content (AvgIpc) is 2.88. The van der Waals surface area contributed by atoms with Crippen LogP contribution in [-0.2, 0) is 16.0 Å². The van der Waals surface area contributed by atoms with Crippen LogP contribution in [0.2, 0.25) is 0 Å². The first-order valence-electron chi connectivity index (χ1n) is 6.92. The predicted octanol–water partition coefficient (Wildman–Crippen LogP) is 2.89. The standard InChI is InChI=1S/C15H17BrFNO3/c16-13-5-3-11(17)7-9(13)2-6-14(19)18-12-4-1-10(8-12)15(20)21/h3,5,7,10,12H,1-2,4,6,8H2,(H,18,19)(H,20,21)/t10-,12+/m0/s1. The Morgan fingerprint density at radius 1 is 1.38 bits per heavy atom. The minimum absolute atomic E-state index is 0.0606. The van der Waals surface area contributed by atoms with Crippen molar-refractivity contribution in [3.8, 4) is 0 Å². The van der Waals surface area contributed by atoms with Gasteiger partial charge in [0.2, 0.25) is 5.91 Å². The summed E-state index contributed by atoms with van der Waals surface area (Å²) in [5.74, 6) is -1.60. The molecule has 1 saturated carbocycles. The zero-order valence-corrected chi connectivity index (χ0v) is 13.0. The van der Waals surface area contributed by atoms with Crippen molar-refractivity contribution in [2.24, 2.45) is 5.92 Å². The molecule has 1 aliphatic rings. The number of benzene rings is 1. The fourth-order valence-corrected chi connectivity index (χ4v) is 3.06. The van der Waals surface area contributed by atoms with Crippen LogP contribution in [-0.4, -0.2) is 23.0 Å². The molecule has 2 N–H and O–H groups in total. The molecule has 0 radical (unpaired) electrons. The Labute approximate surface area is 130 Å². The SMILES string of the molecule is O=C(CCc1cc(F)ccc1Br)N[C@@H]1CC[C@H](C(=O)O)C1. The summed E-state index contributed by atoms with van der Waals surface area (Å²) >= 11 is 3.33. The number of carbonyl (C=O) groups excluding carboxylic acids is 1. The molecule has 1 aromatic rings. The second-order valence-electron chi connectivity index (χ2n) is 5.35. The van der Waals surface area contributed by atoms with Gasteiger partial charge in [-0.05, 0) is 49.4 Å². The molecule has 21 heavy (non-hydrogen) atoms. The third-order valence-electron chi connectivity index (χ3n) is 3.78. The number of carboxylic acids is 1. The van der Waals surface area contributed by atoms with Crippen molar-refractivity contribution < 1.29 is 19.1 Å². The first-order valence-corrected chi connectivity index (χ1v) is 7.71. The van der Waals surface area contributed by atoms with E-state index in [0.29, 0.717) is 25.7 Å². The molecule has 2 atom stereocenters. The molecule has 6 heteroatoms. The van der Waals surface area contributed by atoms with Gasteiger partial charge >= 0.3 is 5.97 Å². The van der Waals surface area contributed by atoms with Gasteiger partial charge in [-0.25, -0.2) is 4.39 Å². The van der Waals surface area contributed by atoms with Crippen molar-refractivity contribution in [3.63, 3.8) is 0 Å². The molecule has 0 aliphatic heterocycles. The van der Waals surface area contributed by atoms with E-state index in [1.807, 2.05) is 0 Å². The maximum Gasteiger partial charge on any atom is 0.306 e. The number of carbonyl (C=O) groups is 2. The largest absolute Gasteiger partial charge is 0.481 e. The highest BCUT2D eigenvalue weighted by atomic mass is 79.9. The second kappa shape index (κ2) is 7.02. The number of amides is 1. The number of aliphatic carboxylic acids is 1. The van der Waals surface area contributed by atoms with Crippen molar-refractivity contribution in [2.45, 2.75) is 38.1 Å². The van der Waals surface area contributed by atoms with Gasteiger partial charge in [0.1, 0.15) is 5.82 Å². The normalized spacial score (nSPS) is 21.2. The third-order valence-corrected chi connectivity index (χ3v) is 4.55. The van der Waals surface area contributed by atoms with Crippen molar-refractivity contribution in [3.05, 3.63) is 34.1 Å². The van der Waals surface area contributed by atoms with Crippen LogP contribution in [0, 0.1) is 11.7 Å². The fourth-order valence-electron chi connectivity index (χ4n) is 2.62. The zero-order chi connectivity index (χ0) is 15.4. The number of hydrogen-bond donors (Lipinski definition) is 2. The molecule has 0 heterocycles. The molecule has 1 aliphatic carbocycles. The molecule has 1 fully saturated rings. The van der Waals surface area contributed by atoms with Crippen LogP contribution in [0.25, 0.3) is 0 Å². The summed E-state index contributed by atoms with van der Waals surface area (Å²) in [5, 5.41) is 11.8. The van der Waals surface area contributed by atoms with Crippen molar-refractivity contribution in [2.75, 3.05) is 0 Å². The lowest BCUT2D eigenvalue weighted by atomic mass is 10.1. The van der Waals surface area contributed by atoms with Gasteiger partial charge in [0.15, 0.2) is 0 Å². The molecule has 2 rings (SSSR count). The summed E-state index contributed by atoms with van der Waals surface area (Å²) in [7, 11) is 0. The van der Waals surface area contributed by atoms with Gasteiger partial charge in [-0.1, -0.05) is 15.9 Å². The molecule has 1 amide bonds. The van der Waals surface area contributed by atoms with Crippen LogP contribution in [0.5, 0.6) is 0 Å². The van der Waals surface area contributed by atoms with Crippen molar-refractivity contribution >= 4 is 27.8 Å². The topological polar surface area (TPSA) is 66.4 Å². The van der Waals surface area contributed by atoms with Crippen LogP contribution in [0.4, 0.5) is 4.39 Å². The van der Waals surface area contributed by atoms with E-state index in [1.54, 1.807) is 6.07 Å². The Morgan fingerprint density at radius 3 is 2.81 bits per heavy atom. The lowest BCUT2D eigenvalue weighted by Gasteiger charge is -2.12. The molecule has 1 aromatic carbocycles. The van der Waals surface area contributed by atoms with Crippen LogP contribution >= 0.6 is 15.9 Å². The van der Waals surface area contributed by atoms with E-state index in [4.69, 9.17) is 5.11 Å². The maximum atomic E-state index is 13.1. The molecule has 0 spiro atoms. The van der Waals surface area contributed by atoms with Crippen LogP contribution in [0.3, 0.4) is 0 Å². The summed E-state index contributed by atoms with van der Waals surface area (Å²) in [4.78, 5) is 22.7. The van der Waals surface area contributed by atoms with E-state index in [9.17, 15) is 14.0 Å². The summed E-state index contributed by atoms with van der Waals surface area (Å²) in [6.45, 7) is 0. The van der Waals surface area contributed by atoms with E-state index in [2.05, 4.69) is 21.2 Å². The number of nitrogens with one attached hydrogen (secondary N) is 1. The summed E-state index contributed by atoms with van der Waals surface area (Å²) in [5.41, 5.74) is 0.750. The quantitative estimate of drug-likeness (QED) is 0.851. The predicted molar refractivity (Wildman–Crippen MR) is 79.3 cm³/mol. The molecule has 4 nitrogen and oxygen atoms in total. The summed E-state index contributed by atoms with van der Waals surface area (Å²) in [6, 6.07) is 4.33. The van der Waals surface area contributed by atoms with E-state index in [1.165, 1.54) is 12.1 Å². The van der Waals surface area contributed by atoms with Gasteiger partial charge in [-0.3, -0.25) is 9.59 Å². The first kappa shape index (κ1) is 15.9. The van der Waals surface area contributed by atoms with E-state index in [0.717, 1.165) is 10.0 Å². The van der Waals surface area contributed by atoms with Crippen molar-refractivity contribution in [1.29, 1.82) is 0 Å². The number of hydrogen-bond acceptors (Lipinski definition) is 2. The Kier molecular flexibility index (Phi) is 5.33. The average molecular weight is 358 g/mol. The molecular formula is C15H17BrFNO3. The third kappa shape index (κ3) is 4.52. The summed E-state index contributed by atoms with van der Waals surface area (Å²) in [6.07, 6.45) is 2.50. The molecular weight excluding hydrogens is 341 g/mol. The van der Waals surface area contributed by atoms with E-state index < -0.39 is 5.97 Å². The number of rotatable bonds is 5. The Balaban J connectivity index is 1.80.